The van der Waals surface area contributed by atoms with Crippen LogP contribution in [0.3, 0.4) is 0 Å². The van der Waals surface area contributed by atoms with Gasteiger partial charge >= 0.3 is 0 Å². The van der Waals surface area contributed by atoms with Crippen molar-refractivity contribution in [3.63, 3.8) is 0 Å². The smallest absolute Gasteiger partial charge is 0.252 e. The van der Waals surface area contributed by atoms with Crippen molar-refractivity contribution in [2.45, 2.75) is 6.42 Å². The summed E-state index contributed by atoms with van der Waals surface area (Å²) >= 11 is 1.49. The SMILES string of the molecule is CN(C)CCCNC(=O)c1csc(-c2cc(O)c3ncccc3c2)c1. The van der Waals surface area contributed by atoms with Gasteiger partial charge in [-0.25, -0.2) is 0 Å². The summed E-state index contributed by atoms with van der Waals surface area (Å²) in [4.78, 5) is 19.5. The van der Waals surface area contributed by atoms with Gasteiger partial charge in [0.25, 0.3) is 5.91 Å². The Labute approximate surface area is 150 Å². The standard InChI is InChI=1S/C19H21N3O2S/c1-22(2)8-4-7-21-19(24)15-11-17(25-12-15)14-9-13-5-3-6-20-18(13)16(23)10-14/h3,5-6,9-12,23H,4,7-8H2,1-2H3,(H,21,24). The molecule has 0 aliphatic heterocycles. The Morgan fingerprint density at radius 3 is 2.96 bits per heavy atom. The minimum absolute atomic E-state index is 0.0621. The second-order valence-corrected chi connectivity index (χ2v) is 7.09. The molecule has 0 spiro atoms. The number of hydrogen-bond donors (Lipinski definition) is 2. The Bertz CT molecular complexity index is 889. The van der Waals surface area contributed by atoms with Crippen molar-refractivity contribution in [3.8, 4) is 16.2 Å². The van der Waals surface area contributed by atoms with Crippen LogP contribution in [0.1, 0.15) is 16.8 Å². The van der Waals surface area contributed by atoms with E-state index >= 15 is 0 Å². The van der Waals surface area contributed by atoms with Gasteiger partial charge in [0, 0.05) is 28.4 Å². The summed E-state index contributed by atoms with van der Waals surface area (Å²) in [5.41, 5.74) is 2.12. The lowest BCUT2D eigenvalue weighted by atomic mass is 10.1. The topological polar surface area (TPSA) is 65.5 Å². The van der Waals surface area contributed by atoms with Crippen molar-refractivity contribution in [2.75, 3.05) is 27.2 Å². The number of pyridine rings is 1. The molecule has 130 valence electrons. The molecular weight excluding hydrogens is 334 g/mol. The lowest BCUT2D eigenvalue weighted by molar-refractivity contribution is 0.0953. The summed E-state index contributed by atoms with van der Waals surface area (Å²) in [6, 6.07) is 9.29. The fraction of sp³-hybridized carbons (Fsp3) is 0.263. The molecule has 1 aromatic carbocycles. The van der Waals surface area contributed by atoms with Gasteiger partial charge in [-0.15, -0.1) is 11.3 Å². The van der Waals surface area contributed by atoms with Gasteiger partial charge < -0.3 is 15.3 Å². The van der Waals surface area contributed by atoms with Gasteiger partial charge in [0.05, 0.1) is 5.56 Å². The maximum absolute atomic E-state index is 12.2. The maximum atomic E-state index is 12.2. The molecule has 0 aliphatic carbocycles. The zero-order valence-electron chi connectivity index (χ0n) is 14.3. The molecule has 0 atom stereocenters. The Balaban J connectivity index is 1.74. The normalized spacial score (nSPS) is 11.2. The first-order valence-corrected chi connectivity index (χ1v) is 9.02. The molecule has 5 nitrogen and oxygen atoms in total. The van der Waals surface area contributed by atoms with Crippen LogP contribution in [0.4, 0.5) is 0 Å². The monoisotopic (exact) mass is 355 g/mol. The molecule has 25 heavy (non-hydrogen) atoms. The van der Waals surface area contributed by atoms with Crippen molar-refractivity contribution in [1.82, 2.24) is 15.2 Å². The largest absolute Gasteiger partial charge is 0.506 e. The molecule has 2 N–H and O–H groups in total. The third-order valence-corrected chi connectivity index (χ3v) is 4.88. The number of nitrogens with one attached hydrogen (secondary N) is 1. The molecule has 0 unspecified atom stereocenters. The van der Waals surface area contributed by atoms with E-state index in [9.17, 15) is 9.90 Å². The first kappa shape index (κ1) is 17.4. The van der Waals surface area contributed by atoms with Gasteiger partial charge in [0.15, 0.2) is 0 Å². The summed E-state index contributed by atoms with van der Waals surface area (Å²) in [5, 5.41) is 15.8. The Morgan fingerprint density at radius 1 is 1.32 bits per heavy atom. The minimum Gasteiger partial charge on any atom is -0.506 e. The molecular formula is C19H21N3O2S. The fourth-order valence-corrected chi connectivity index (χ4v) is 3.50. The molecule has 2 aromatic heterocycles. The Kier molecular flexibility index (Phi) is 5.31. The predicted octanol–water partition coefficient (Wildman–Crippen LogP) is 3.35. The van der Waals surface area contributed by atoms with Crippen LogP contribution in [0.5, 0.6) is 5.75 Å². The van der Waals surface area contributed by atoms with Crippen molar-refractivity contribution in [1.29, 1.82) is 0 Å². The first-order valence-electron chi connectivity index (χ1n) is 8.14. The molecule has 0 bridgehead atoms. The molecule has 0 radical (unpaired) electrons. The van der Waals surface area contributed by atoms with Crippen molar-refractivity contribution in [2.24, 2.45) is 0 Å². The van der Waals surface area contributed by atoms with E-state index in [1.807, 2.05) is 43.7 Å². The Hall–Kier alpha value is -2.44. The van der Waals surface area contributed by atoms with Crippen LogP contribution in [-0.4, -0.2) is 48.1 Å². The molecule has 2 heterocycles. The second kappa shape index (κ2) is 7.63. The number of carbonyl (C=O) groups is 1. The summed E-state index contributed by atoms with van der Waals surface area (Å²) in [5.74, 6) is 0.0871. The zero-order chi connectivity index (χ0) is 17.8. The van der Waals surface area contributed by atoms with E-state index in [-0.39, 0.29) is 11.7 Å². The number of benzene rings is 1. The van der Waals surface area contributed by atoms with E-state index in [1.54, 1.807) is 12.3 Å². The molecule has 1 amide bonds. The molecule has 6 heteroatoms. The number of amides is 1. The van der Waals surface area contributed by atoms with Crippen LogP contribution in [0.15, 0.2) is 41.9 Å². The van der Waals surface area contributed by atoms with Crippen LogP contribution >= 0.6 is 11.3 Å². The van der Waals surface area contributed by atoms with Crippen molar-refractivity contribution < 1.29 is 9.90 Å². The molecule has 0 fully saturated rings. The number of phenolic OH excluding ortho intramolecular Hbond substituents is 1. The summed E-state index contributed by atoms with van der Waals surface area (Å²) in [6.07, 6.45) is 2.58. The Morgan fingerprint density at radius 2 is 2.16 bits per heavy atom. The van der Waals surface area contributed by atoms with Crippen LogP contribution < -0.4 is 5.32 Å². The van der Waals surface area contributed by atoms with E-state index in [4.69, 9.17) is 0 Å². The van der Waals surface area contributed by atoms with Crippen molar-refractivity contribution in [3.05, 3.63) is 47.5 Å². The van der Waals surface area contributed by atoms with E-state index < -0.39 is 0 Å². The van der Waals surface area contributed by atoms with Crippen LogP contribution in [0.25, 0.3) is 21.3 Å². The maximum Gasteiger partial charge on any atom is 0.252 e. The summed E-state index contributed by atoms with van der Waals surface area (Å²) in [7, 11) is 4.03. The number of aromatic hydroxyl groups is 1. The predicted molar refractivity (Wildman–Crippen MR) is 102 cm³/mol. The average molecular weight is 355 g/mol. The van der Waals surface area contributed by atoms with E-state index in [2.05, 4.69) is 15.2 Å². The molecule has 0 saturated carbocycles. The van der Waals surface area contributed by atoms with E-state index in [0.717, 1.165) is 28.8 Å². The quantitative estimate of drug-likeness (QED) is 0.666. The number of thiophene rings is 1. The van der Waals surface area contributed by atoms with Gasteiger partial charge in [0.2, 0.25) is 0 Å². The number of phenols is 1. The highest BCUT2D eigenvalue weighted by molar-refractivity contribution is 7.13. The van der Waals surface area contributed by atoms with Gasteiger partial charge in [-0.2, -0.15) is 0 Å². The number of aromatic nitrogens is 1. The molecule has 0 saturated heterocycles. The number of hydrogen-bond acceptors (Lipinski definition) is 5. The van der Waals surface area contributed by atoms with Crippen LogP contribution in [-0.2, 0) is 0 Å². The van der Waals surface area contributed by atoms with Crippen molar-refractivity contribution >= 4 is 28.1 Å². The molecule has 3 rings (SSSR count). The van der Waals surface area contributed by atoms with E-state index in [0.29, 0.717) is 17.6 Å². The zero-order valence-corrected chi connectivity index (χ0v) is 15.1. The lowest BCUT2D eigenvalue weighted by Gasteiger charge is -2.09. The summed E-state index contributed by atoms with van der Waals surface area (Å²) in [6.45, 7) is 1.60. The van der Waals surface area contributed by atoms with Gasteiger partial charge in [0.1, 0.15) is 11.3 Å². The van der Waals surface area contributed by atoms with Crippen LogP contribution in [0, 0.1) is 0 Å². The highest BCUT2D eigenvalue weighted by atomic mass is 32.1. The highest BCUT2D eigenvalue weighted by Crippen LogP contribution is 2.33. The highest BCUT2D eigenvalue weighted by Gasteiger charge is 2.11. The third kappa shape index (κ3) is 4.15. The van der Waals surface area contributed by atoms with E-state index in [1.165, 1.54) is 11.3 Å². The third-order valence-electron chi connectivity index (χ3n) is 3.90. The minimum atomic E-state index is -0.0621. The van der Waals surface area contributed by atoms with Gasteiger partial charge in [-0.05, 0) is 56.9 Å². The first-order chi connectivity index (χ1) is 12.0. The van der Waals surface area contributed by atoms with Gasteiger partial charge in [-0.3, -0.25) is 9.78 Å². The molecule has 3 aromatic rings. The number of carbonyl (C=O) groups excluding carboxylic acids is 1. The molecule has 0 aliphatic rings. The van der Waals surface area contributed by atoms with Crippen LogP contribution in [0.2, 0.25) is 0 Å². The average Bonchev–Trinajstić information content (AvgIpc) is 3.08. The summed E-state index contributed by atoms with van der Waals surface area (Å²) < 4.78 is 0. The fourth-order valence-electron chi connectivity index (χ4n) is 2.62. The number of rotatable bonds is 6. The van der Waals surface area contributed by atoms with Gasteiger partial charge in [-0.1, -0.05) is 6.07 Å². The number of fused-ring (bicyclic) bond motifs is 1. The number of nitrogens with zero attached hydrogens (tertiary/aromatic N) is 2. The lowest BCUT2D eigenvalue weighted by Crippen LogP contribution is -2.26. The second-order valence-electron chi connectivity index (χ2n) is 6.18.